The molecule has 4 N–H and O–H groups in total. The Bertz CT molecular complexity index is 1500. The molecular formula is C28H28O10. The Labute approximate surface area is 218 Å². The molecule has 0 unspecified atom stereocenters. The van der Waals surface area contributed by atoms with E-state index in [9.17, 15) is 34.8 Å². The summed E-state index contributed by atoms with van der Waals surface area (Å²) < 4.78 is 16.5. The molecule has 0 spiro atoms. The predicted molar refractivity (Wildman–Crippen MR) is 136 cm³/mol. The lowest BCUT2D eigenvalue weighted by atomic mass is 10.0. The number of hydrogen-bond acceptors (Lipinski definition) is 9. The summed E-state index contributed by atoms with van der Waals surface area (Å²) >= 11 is 0. The van der Waals surface area contributed by atoms with Crippen molar-refractivity contribution in [2.24, 2.45) is 0 Å². The van der Waals surface area contributed by atoms with Crippen molar-refractivity contribution in [2.45, 2.75) is 41.5 Å². The second kappa shape index (κ2) is 10.3. The van der Waals surface area contributed by atoms with Crippen LogP contribution >= 0.6 is 0 Å². The number of carboxylic acid groups (broad SMARTS) is 1. The third-order valence-electron chi connectivity index (χ3n) is 6.34. The van der Waals surface area contributed by atoms with E-state index in [-0.39, 0.29) is 56.4 Å². The van der Waals surface area contributed by atoms with Gasteiger partial charge in [-0.2, -0.15) is 0 Å². The molecule has 38 heavy (non-hydrogen) atoms. The molecule has 3 rings (SSSR count). The average molecular weight is 525 g/mol. The Morgan fingerprint density at radius 3 is 1.61 bits per heavy atom. The number of phenols is 3. The number of rotatable bonds is 6. The maximum Gasteiger partial charge on any atom is 0.347 e. The molecule has 0 saturated carbocycles. The zero-order valence-electron chi connectivity index (χ0n) is 22.0. The monoisotopic (exact) mass is 524 g/mol. The van der Waals surface area contributed by atoms with E-state index in [0.29, 0.717) is 16.7 Å². The Kier molecular flexibility index (Phi) is 7.57. The van der Waals surface area contributed by atoms with Gasteiger partial charge in [-0.25, -0.2) is 14.4 Å². The number of aromatic carboxylic acids is 1. The molecule has 0 fully saturated rings. The summed E-state index contributed by atoms with van der Waals surface area (Å²) in [7, 11) is 1.33. The highest BCUT2D eigenvalue weighted by Gasteiger charge is 2.27. The van der Waals surface area contributed by atoms with Gasteiger partial charge in [0.1, 0.15) is 51.2 Å². The molecule has 0 heterocycles. The number of carbonyl (C=O) groups is 3. The van der Waals surface area contributed by atoms with Crippen LogP contribution in [-0.4, -0.2) is 45.4 Å². The number of carbonyl (C=O) groups excluding carboxylic acids is 2. The molecule has 0 radical (unpaired) electrons. The van der Waals surface area contributed by atoms with Gasteiger partial charge in [0.25, 0.3) is 0 Å². The topological polar surface area (TPSA) is 160 Å². The van der Waals surface area contributed by atoms with E-state index in [1.54, 1.807) is 13.8 Å². The first-order valence-corrected chi connectivity index (χ1v) is 11.4. The van der Waals surface area contributed by atoms with Gasteiger partial charge in [-0.05, 0) is 76.4 Å². The Hall–Kier alpha value is -4.73. The van der Waals surface area contributed by atoms with Crippen molar-refractivity contribution >= 4 is 17.9 Å². The summed E-state index contributed by atoms with van der Waals surface area (Å²) in [5, 5.41) is 39.9. The van der Waals surface area contributed by atoms with Gasteiger partial charge in [0.2, 0.25) is 0 Å². The lowest BCUT2D eigenvalue weighted by Crippen LogP contribution is -2.16. The lowest BCUT2D eigenvalue weighted by Gasteiger charge is -2.19. The lowest BCUT2D eigenvalue weighted by molar-refractivity contribution is 0.0689. The Balaban J connectivity index is 2.01. The Morgan fingerprint density at radius 2 is 1.08 bits per heavy atom. The van der Waals surface area contributed by atoms with Gasteiger partial charge < -0.3 is 34.6 Å². The highest BCUT2D eigenvalue weighted by Crippen LogP contribution is 2.39. The van der Waals surface area contributed by atoms with Crippen molar-refractivity contribution in [3.8, 4) is 34.5 Å². The first-order valence-electron chi connectivity index (χ1n) is 11.4. The highest BCUT2D eigenvalue weighted by molar-refractivity contribution is 5.99. The van der Waals surface area contributed by atoms with Crippen LogP contribution in [0.1, 0.15) is 64.5 Å². The van der Waals surface area contributed by atoms with E-state index in [4.69, 9.17) is 14.2 Å². The summed E-state index contributed by atoms with van der Waals surface area (Å²) in [5.41, 5.74) is 0.959. The fraction of sp³-hybridized carbons (Fsp3) is 0.250. The number of aryl methyl sites for hydroxylation is 3. The molecule has 3 aromatic carbocycles. The molecule has 0 amide bonds. The van der Waals surface area contributed by atoms with Gasteiger partial charge in [-0.15, -0.1) is 0 Å². The summed E-state index contributed by atoms with van der Waals surface area (Å²) in [6.45, 7) is 9.02. The molecule has 10 nitrogen and oxygen atoms in total. The second-order valence-electron chi connectivity index (χ2n) is 8.91. The molecule has 10 heteroatoms. The van der Waals surface area contributed by atoms with E-state index < -0.39 is 29.4 Å². The number of phenolic OH excluding ortho intramolecular Hbond substituents is 2. The maximum absolute atomic E-state index is 13.2. The van der Waals surface area contributed by atoms with Crippen molar-refractivity contribution in [3.05, 3.63) is 68.3 Å². The normalized spacial score (nSPS) is 10.7. The predicted octanol–water partition coefficient (Wildman–Crippen LogP) is 4.80. The fourth-order valence-electron chi connectivity index (χ4n) is 4.15. The molecule has 3 aromatic rings. The van der Waals surface area contributed by atoms with Crippen LogP contribution in [-0.2, 0) is 0 Å². The van der Waals surface area contributed by atoms with Gasteiger partial charge in [0.05, 0.1) is 7.11 Å². The van der Waals surface area contributed by atoms with Gasteiger partial charge >= 0.3 is 17.9 Å². The smallest absolute Gasteiger partial charge is 0.347 e. The second-order valence-corrected chi connectivity index (χ2v) is 8.91. The molecule has 0 saturated heterocycles. The standard InChI is InChI=1S/C28H28O10/c1-11-8-17(29)14(4)23(30)21(11)27(34)38-19-10-13(3)22(25(36-7)16(19)6)28(35)37-18-9-12(2)20(26(32)33)24(31)15(18)5/h8-10,29-31H,1-7H3,(H,32,33). The van der Waals surface area contributed by atoms with E-state index in [1.807, 2.05) is 0 Å². The summed E-state index contributed by atoms with van der Waals surface area (Å²) in [4.78, 5) is 37.6. The van der Waals surface area contributed by atoms with Crippen LogP contribution in [0.15, 0.2) is 18.2 Å². The van der Waals surface area contributed by atoms with Gasteiger partial charge in [-0.1, -0.05) is 0 Å². The van der Waals surface area contributed by atoms with Crippen molar-refractivity contribution in [1.29, 1.82) is 0 Å². The molecule has 0 atom stereocenters. The van der Waals surface area contributed by atoms with Gasteiger partial charge in [-0.3, -0.25) is 0 Å². The summed E-state index contributed by atoms with van der Waals surface area (Å²) in [5.74, 6) is -3.99. The molecule has 0 aromatic heterocycles. The average Bonchev–Trinajstić information content (AvgIpc) is 2.82. The highest BCUT2D eigenvalue weighted by atomic mass is 16.5. The van der Waals surface area contributed by atoms with E-state index in [2.05, 4.69) is 0 Å². The summed E-state index contributed by atoms with van der Waals surface area (Å²) in [6, 6.07) is 4.12. The van der Waals surface area contributed by atoms with Crippen LogP contribution in [0.25, 0.3) is 0 Å². The third-order valence-corrected chi connectivity index (χ3v) is 6.34. The minimum atomic E-state index is -1.31. The zero-order chi connectivity index (χ0) is 28.6. The van der Waals surface area contributed by atoms with Crippen LogP contribution in [0, 0.1) is 41.5 Å². The van der Waals surface area contributed by atoms with Crippen LogP contribution in [0.5, 0.6) is 34.5 Å². The fourth-order valence-corrected chi connectivity index (χ4v) is 4.15. The maximum atomic E-state index is 13.2. The third kappa shape index (κ3) is 4.80. The van der Waals surface area contributed by atoms with Crippen molar-refractivity contribution < 1.29 is 49.0 Å². The summed E-state index contributed by atoms with van der Waals surface area (Å²) in [6.07, 6.45) is 0. The van der Waals surface area contributed by atoms with Crippen molar-refractivity contribution in [2.75, 3.05) is 7.11 Å². The van der Waals surface area contributed by atoms with Crippen LogP contribution in [0.4, 0.5) is 0 Å². The number of benzene rings is 3. The first kappa shape index (κ1) is 27.9. The Morgan fingerprint density at radius 1 is 0.632 bits per heavy atom. The van der Waals surface area contributed by atoms with Gasteiger partial charge in [0.15, 0.2) is 0 Å². The van der Waals surface area contributed by atoms with E-state index >= 15 is 0 Å². The quantitative estimate of drug-likeness (QED) is 0.260. The molecule has 0 aliphatic carbocycles. The van der Waals surface area contributed by atoms with Crippen LogP contribution < -0.4 is 14.2 Å². The number of hydrogen-bond donors (Lipinski definition) is 4. The molecule has 0 aliphatic rings. The van der Waals surface area contributed by atoms with Crippen LogP contribution in [0.2, 0.25) is 0 Å². The number of aromatic hydroxyl groups is 3. The number of methoxy groups -OCH3 is 1. The zero-order valence-corrected chi connectivity index (χ0v) is 22.0. The van der Waals surface area contributed by atoms with Crippen molar-refractivity contribution in [1.82, 2.24) is 0 Å². The van der Waals surface area contributed by atoms with E-state index in [1.165, 1.54) is 53.0 Å². The van der Waals surface area contributed by atoms with Crippen LogP contribution in [0.3, 0.4) is 0 Å². The minimum Gasteiger partial charge on any atom is -0.508 e. The number of esters is 2. The van der Waals surface area contributed by atoms with Gasteiger partial charge in [0, 0.05) is 16.7 Å². The first-order chi connectivity index (χ1) is 17.7. The largest absolute Gasteiger partial charge is 0.508 e. The van der Waals surface area contributed by atoms with Crippen molar-refractivity contribution in [3.63, 3.8) is 0 Å². The molecular weight excluding hydrogens is 496 g/mol. The number of ether oxygens (including phenoxy) is 3. The molecule has 0 aliphatic heterocycles. The molecule has 0 bridgehead atoms. The molecule has 200 valence electrons. The van der Waals surface area contributed by atoms with E-state index in [0.717, 1.165) is 0 Å². The SMILES string of the molecule is COc1c(C)c(OC(=O)c2c(C)cc(O)c(C)c2O)cc(C)c1C(=O)Oc1cc(C)c(C(=O)O)c(O)c1C. The number of carboxylic acids is 1. The minimum absolute atomic E-state index is 0.0294.